The molecule has 8 heteroatoms. The first-order valence-electron chi connectivity index (χ1n) is 11.9. The van der Waals surface area contributed by atoms with Crippen molar-refractivity contribution < 1.29 is 59.3 Å². The number of unbranched alkanes of at least 4 members (excludes halogenated alkanes) is 12. The van der Waals surface area contributed by atoms with Gasteiger partial charge in [0.1, 0.15) is 0 Å². The van der Waals surface area contributed by atoms with Crippen LogP contribution in [0.1, 0.15) is 136 Å². The first-order valence-corrected chi connectivity index (χ1v) is 11.9. The molecule has 0 aromatic carbocycles. The summed E-state index contributed by atoms with van der Waals surface area (Å²) in [6.45, 7) is 6.44. The van der Waals surface area contributed by atoms with Crippen LogP contribution in [-0.4, -0.2) is 45.2 Å². The number of carboxylic acids is 3. The van der Waals surface area contributed by atoms with E-state index in [0.717, 1.165) is 44.9 Å². The molecule has 2 N–H and O–H groups in total. The Balaban J connectivity index is -0.000000110. The van der Waals surface area contributed by atoms with E-state index in [1.807, 2.05) is 0 Å². The van der Waals surface area contributed by atoms with Crippen LogP contribution in [0.5, 0.6) is 0 Å². The molecule has 0 rings (SSSR count). The van der Waals surface area contributed by atoms with Crippen molar-refractivity contribution in [2.45, 2.75) is 136 Å². The Labute approximate surface area is 229 Å². The fourth-order valence-corrected chi connectivity index (χ4v) is 2.63. The quantitative estimate of drug-likeness (QED) is 0.205. The molecule has 32 heavy (non-hydrogen) atoms. The summed E-state index contributed by atoms with van der Waals surface area (Å²) in [5.41, 5.74) is 0. The normalized spacial score (nSPS) is 9.09. The van der Waals surface area contributed by atoms with Crippen LogP contribution in [0.2, 0.25) is 0 Å². The van der Waals surface area contributed by atoms with Crippen LogP contribution < -0.4 is 34.7 Å². The van der Waals surface area contributed by atoms with E-state index in [2.05, 4.69) is 20.8 Å². The van der Waals surface area contributed by atoms with Crippen LogP contribution >= 0.6 is 0 Å². The van der Waals surface area contributed by atoms with Crippen molar-refractivity contribution in [1.29, 1.82) is 0 Å². The van der Waals surface area contributed by atoms with Gasteiger partial charge in [-0.25, -0.2) is 0 Å². The van der Waals surface area contributed by atoms with Crippen LogP contribution in [0.15, 0.2) is 0 Å². The van der Waals surface area contributed by atoms with Crippen LogP contribution in [0.4, 0.5) is 0 Å². The Kier molecular flexibility index (Phi) is 50.3. The number of carbonyl (C=O) groups excluding carboxylic acids is 1. The second-order valence-electron chi connectivity index (χ2n) is 7.65. The van der Waals surface area contributed by atoms with Crippen molar-refractivity contribution in [2.75, 3.05) is 0 Å². The van der Waals surface area contributed by atoms with Crippen LogP contribution in [0.3, 0.4) is 0 Å². The molecule has 0 saturated heterocycles. The predicted molar refractivity (Wildman–Crippen MR) is 129 cm³/mol. The molecule has 6 nitrogen and oxygen atoms in total. The number of aliphatic carboxylic acids is 3. The SMILES string of the molecule is CCCCCCCC(=O)O.CCCCCCCC(=O)O.CCCCCCCC(=O)[O-].[Na+].[SeH2]. The van der Waals surface area contributed by atoms with E-state index in [-0.39, 0.29) is 53.0 Å². The molecule has 0 saturated carbocycles. The van der Waals surface area contributed by atoms with Gasteiger partial charge in [0.25, 0.3) is 0 Å². The van der Waals surface area contributed by atoms with Crippen molar-refractivity contribution in [3.05, 3.63) is 0 Å². The molecule has 0 unspecified atom stereocenters. The fraction of sp³-hybridized carbons (Fsp3) is 0.875. The molecule has 0 aromatic heterocycles. The summed E-state index contributed by atoms with van der Waals surface area (Å²) >= 11 is 0. The molecule has 0 aliphatic carbocycles. The number of rotatable bonds is 18. The molecule has 188 valence electrons. The molecular formula is C24H49NaO6Se. The zero-order valence-electron chi connectivity index (χ0n) is 21.3. The third kappa shape index (κ3) is 57.2. The van der Waals surface area contributed by atoms with Gasteiger partial charge in [0.15, 0.2) is 0 Å². The van der Waals surface area contributed by atoms with Crippen LogP contribution in [0.25, 0.3) is 0 Å². The Morgan fingerprint density at radius 1 is 0.531 bits per heavy atom. The van der Waals surface area contributed by atoms with Crippen LogP contribution in [0, 0.1) is 0 Å². The minimum atomic E-state index is -0.920. The van der Waals surface area contributed by atoms with Crippen molar-refractivity contribution >= 4 is 35.0 Å². The van der Waals surface area contributed by atoms with Gasteiger partial charge in [0.05, 0.1) is 0 Å². The van der Waals surface area contributed by atoms with E-state index in [4.69, 9.17) is 10.2 Å². The van der Waals surface area contributed by atoms with Crippen LogP contribution in [-0.2, 0) is 14.4 Å². The van der Waals surface area contributed by atoms with E-state index in [0.29, 0.717) is 12.8 Å². The predicted octanol–water partition coefficient (Wildman–Crippen LogP) is 2.05. The van der Waals surface area contributed by atoms with Gasteiger partial charge in [-0.3, -0.25) is 9.59 Å². The van der Waals surface area contributed by atoms with E-state index >= 15 is 0 Å². The molecule has 0 amide bonds. The zero-order chi connectivity index (χ0) is 23.5. The molecule has 0 atom stereocenters. The maximum absolute atomic E-state index is 10.0. The standard InChI is InChI=1S/3C8H16O2.Na.H2Se/c3*1-2-3-4-5-6-7-8(9)10;;/h3*2-7H2,1H3,(H,9,10);;1H2/q;;;+1;/p-1. The van der Waals surface area contributed by atoms with Gasteiger partial charge in [-0.05, 0) is 25.7 Å². The average Bonchev–Trinajstić information content (AvgIpc) is 2.68. The Hall–Kier alpha value is -0.0705. The second-order valence-corrected chi connectivity index (χ2v) is 7.65. The molecule has 0 fully saturated rings. The first kappa shape index (κ1) is 42.1. The maximum atomic E-state index is 10.0. The summed E-state index contributed by atoms with van der Waals surface area (Å²) in [5, 5.41) is 26.5. The summed E-state index contributed by atoms with van der Waals surface area (Å²) in [5.74, 6) is -2.26. The molecule has 0 heterocycles. The molecule has 0 radical (unpaired) electrons. The van der Waals surface area contributed by atoms with Gasteiger partial charge < -0.3 is 20.1 Å². The van der Waals surface area contributed by atoms with Gasteiger partial charge in [0.2, 0.25) is 0 Å². The van der Waals surface area contributed by atoms with Gasteiger partial charge in [-0.1, -0.05) is 97.8 Å². The molecule has 0 bridgehead atoms. The number of carbonyl (C=O) groups is 3. The zero-order valence-corrected chi connectivity index (χ0v) is 25.4. The molecule has 0 aromatic rings. The summed E-state index contributed by atoms with van der Waals surface area (Å²) in [6, 6.07) is 0. The summed E-state index contributed by atoms with van der Waals surface area (Å²) in [7, 11) is 0. The average molecular weight is 536 g/mol. The van der Waals surface area contributed by atoms with Gasteiger partial charge in [0, 0.05) is 18.8 Å². The summed E-state index contributed by atoms with van der Waals surface area (Å²) in [6.07, 6.45) is 17.4. The molecule has 0 aliphatic rings. The number of carboxylic acid groups (broad SMARTS) is 3. The Morgan fingerprint density at radius 3 is 1.00 bits per heavy atom. The van der Waals surface area contributed by atoms with E-state index in [1.165, 1.54) is 51.4 Å². The van der Waals surface area contributed by atoms with Crippen molar-refractivity contribution in [3.8, 4) is 0 Å². The Morgan fingerprint density at radius 2 is 0.781 bits per heavy atom. The monoisotopic (exact) mass is 536 g/mol. The van der Waals surface area contributed by atoms with E-state index in [9.17, 15) is 19.5 Å². The number of hydrogen-bond donors (Lipinski definition) is 2. The van der Waals surface area contributed by atoms with Gasteiger partial charge in [-0.15, -0.1) is 0 Å². The fourth-order valence-electron chi connectivity index (χ4n) is 2.63. The van der Waals surface area contributed by atoms with E-state index < -0.39 is 17.9 Å². The third-order valence-corrected chi connectivity index (χ3v) is 4.47. The first-order chi connectivity index (χ1) is 14.3. The van der Waals surface area contributed by atoms with E-state index in [1.54, 1.807) is 0 Å². The van der Waals surface area contributed by atoms with Crippen molar-refractivity contribution in [3.63, 3.8) is 0 Å². The summed E-state index contributed by atoms with van der Waals surface area (Å²) < 4.78 is 0. The molecule has 0 spiro atoms. The molecular weight excluding hydrogens is 486 g/mol. The third-order valence-electron chi connectivity index (χ3n) is 4.47. The minimum absolute atomic E-state index is 0. The van der Waals surface area contributed by atoms with Gasteiger partial charge >= 0.3 is 58.6 Å². The van der Waals surface area contributed by atoms with Crippen molar-refractivity contribution in [2.24, 2.45) is 0 Å². The Bertz CT molecular complexity index is 338. The number of hydrogen-bond acceptors (Lipinski definition) is 4. The summed E-state index contributed by atoms with van der Waals surface area (Å²) in [4.78, 5) is 30.0. The van der Waals surface area contributed by atoms with Gasteiger partial charge in [-0.2, -0.15) is 0 Å². The van der Waals surface area contributed by atoms with Crippen molar-refractivity contribution in [1.82, 2.24) is 0 Å². The second kappa shape index (κ2) is 38.2. The molecule has 0 aliphatic heterocycles. The topological polar surface area (TPSA) is 115 Å².